The highest BCUT2D eigenvalue weighted by atomic mass is 16.5. The molecule has 3 fully saturated rings. The summed E-state index contributed by atoms with van der Waals surface area (Å²) in [6.45, 7) is 2.17. The Morgan fingerprint density at radius 3 is 2.54 bits per heavy atom. The first-order valence-corrected chi connectivity index (χ1v) is 8.63. The quantitative estimate of drug-likeness (QED) is 0.568. The molecule has 6 heteroatoms. The standard InChI is InChI=1S/C18H23N3O3/c22-16(20-24)14-8-18(6-7-18)11-19-15(14)17(23)21-9-13(10-21)12-4-2-1-3-5-12/h1-5,13-15,19,24H,6-11H2,(H,20,22)/t14-,15-/m0/s1. The smallest absolute Gasteiger partial charge is 0.248 e. The van der Waals surface area contributed by atoms with Crippen molar-refractivity contribution >= 4 is 11.8 Å². The number of benzene rings is 1. The zero-order valence-electron chi connectivity index (χ0n) is 13.6. The van der Waals surface area contributed by atoms with E-state index in [0.29, 0.717) is 25.4 Å². The maximum atomic E-state index is 12.8. The summed E-state index contributed by atoms with van der Waals surface area (Å²) in [7, 11) is 0. The normalized spacial score (nSPS) is 28.3. The van der Waals surface area contributed by atoms with Gasteiger partial charge in [0.05, 0.1) is 12.0 Å². The van der Waals surface area contributed by atoms with E-state index in [0.717, 1.165) is 19.4 Å². The van der Waals surface area contributed by atoms with E-state index < -0.39 is 17.9 Å². The third-order valence-electron chi connectivity index (χ3n) is 5.89. The summed E-state index contributed by atoms with van der Waals surface area (Å²) in [5.41, 5.74) is 3.16. The van der Waals surface area contributed by atoms with Gasteiger partial charge in [-0.25, -0.2) is 5.48 Å². The van der Waals surface area contributed by atoms with Crippen molar-refractivity contribution in [1.82, 2.24) is 15.7 Å². The van der Waals surface area contributed by atoms with Gasteiger partial charge in [0.15, 0.2) is 0 Å². The predicted molar refractivity (Wildman–Crippen MR) is 87.3 cm³/mol. The number of hydroxylamine groups is 1. The Morgan fingerprint density at radius 1 is 1.21 bits per heavy atom. The van der Waals surface area contributed by atoms with Crippen molar-refractivity contribution in [2.24, 2.45) is 11.3 Å². The Kier molecular flexibility index (Phi) is 3.81. The van der Waals surface area contributed by atoms with Crippen molar-refractivity contribution in [2.75, 3.05) is 19.6 Å². The Labute approximate surface area is 141 Å². The summed E-state index contributed by atoms with van der Waals surface area (Å²) in [5.74, 6) is -0.591. The molecule has 2 atom stereocenters. The molecule has 4 rings (SSSR count). The second-order valence-corrected chi connectivity index (χ2v) is 7.50. The molecule has 24 heavy (non-hydrogen) atoms. The van der Waals surface area contributed by atoms with Gasteiger partial charge in [0.1, 0.15) is 0 Å². The first-order chi connectivity index (χ1) is 11.6. The first kappa shape index (κ1) is 15.6. The number of piperidine rings is 1. The number of rotatable bonds is 3. The van der Waals surface area contributed by atoms with Crippen LogP contribution in [0.4, 0.5) is 0 Å². The average Bonchev–Trinajstić information content (AvgIpc) is 3.32. The summed E-state index contributed by atoms with van der Waals surface area (Å²) in [4.78, 5) is 26.7. The minimum atomic E-state index is -0.528. The molecule has 1 aliphatic carbocycles. The average molecular weight is 329 g/mol. The van der Waals surface area contributed by atoms with E-state index in [2.05, 4.69) is 17.4 Å². The molecule has 2 saturated heterocycles. The van der Waals surface area contributed by atoms with Crippen LogP contribution in [0.25, 0.3) is 0 Å². The van der Waals surface area contributed by atoms with Crippen molar-refractivity contribution in [3.8, 4) is 0 Å². The van der Waals surface area contributed by atoms with Gasteiger partial charge in [-0.15, -0.1) is 0 Å². The van der Waals surface area contributed by atoms with Crippen LogP contribution >= 0.6 is 0 Å². The van der Waals surface area contributed by atoms with Crippen molar-refractivity contribution in [1.29, 1.82) is 0 Å². The summed E-state index contributed by atoms with van der Waals surface area (Å²) in [6.07, 6.45) is 2.87. The molecule has 1 aromatic carbocycles. The molecule has 1 spiro atoms. The third-order valence-corrected chi connectivity index (χ3v) is 5.89. The fourth-order valence-corrected chi connectivity index (χ4v) is 4.06. The van der Waals surface area contributed by atoms with Gasteiger partial charge in [0.25, 0.3) is 0 Å². The van der Waals surface area contributed by atoms with Gasteiger partial charge in [-0.1, -0.05) is 30.3 Å². The Hall–Kier alpha value is -1.92. The Bertz CT molecular complexity index is 638. The second-order valence-electron chi connectivity index (χ2n) is 7.50. The minimum Gasteiger partial charge on any atom is -0.340 e. The Morgan fingerprint density at radius 2 is 1.92 bits per heavy atom. The number of hydrogen-bond donors (Lipinski definition) is 3. The lowest BCUT2D eigenvalue weighted by Crippen LogP contribution is -2.62. The number of likely N-dealkylation sites (tertiary alicyclic amines) is 1. The fraction of sp³-hybridized carbons (Fsp3) is 0.556. The number of nitrogens with one attached hydrogen (secondary N) is 2. The van der Waals surface area contributed by atoms with Crippen LogP contribution in [0.3, 0.4) is 0 Å². The van der Waals surface area contributed by atoms with E-state index in [-0.39, 0.29) is 11.3 Å². The van der Waals surface area contributed by atoms with Crippen molar-refractivity contribution < 1.29 is 14.8 Å². The molecular formula is C18H23N3O3. The van der Waals surface area contributed by atoms with Crippen molar-refractivity contribution in [2.45, 2.75) is 31.2 Å². The van der Waals surface area contributed by atoms with Crippen molar-refractivity contribution in [3.63, 3.8) is 0 Å². The molecule has 2 aliphatic heterocycles. The van der Waals surface area contributed by atoms with Crippen LogP contribution in [0, 0.1) is 11.3 Å². The van der Waals surface area contributed by atoms with Crippen LogP contribution in [-0.2, 0) is 9.59 Å². The van der Waals surface area contributed by atoms with E-state index in [4.69, 9.17) is 5.21 Å². The van der Waals surface area contributed by atoms with Gasteiger partial charge in [-0.2, -0.15) is 0 Å². The highest BCUT2D eigenvalue weighted by Crippen LogP contribution is 2.52. The van der Waals surface area contributed by atoms with E-state index in [1.807, 2.05) is 23.1 Å². The molecule has 6 nitrogen and oxygen atoms in total. The molecule has 3 aliphatic rings. The molecule has 0 unspecified atom stereocenters. The number of nitrogens with zero attached hydrogens (tertiary/aromatic N) is 1. The Balaban J connectivity index is 1.41. The van der Waals surface area contributed by atoms with Crippen molar-refractivity contribution in [3.05, 3.63) is 35.9 Å². The summed E-state index contributed by atoms with van der Waals surface area (Å²) >= 11 is 0. The summed E-state index contributed by atoms with van der Waals surface area (Å²) in [6, 6.07) is 9.66. The van der Waals surface area contributed by atoms with Crippen LogP contribution in [0.1, 0.15) is 30.7 Å². The number of carbonyl (C=O) groups excluding carboxylic acids is 2. The van der Waals surface area contributed by atoms with E-state index in [1.54, 1.807) is 5.48 Å². The van der Waals surface area contributed by atoms with E-state index in [9.17, 15) is 9.59 Å². The van der Waals surface area contributed by atoms with Crippen LogP contribution in [-0.4, -0.2) is 47.6 Å². The van der Waals surface area contributed by atoms with Crippen LogP contribution in [0.2, 0.25) is 0 Å². The molecule has 3 N–H and O–H groups in total. The SMILES string of the molecule is O=C(NO)[C@H]1CC2(CC2)CN[C@@H]1C(=O)N1CC(c2ccccc2)C1. The lowest BCUT2D eigenvalue weighted by atomic mass is 9.80. The van der Waals surface area contributed by atoms with E-state index in [1.165, 1.54) is 5.56 Å². The third kappa shape index (κ3) is 2.70. The maximum Gasteiger partial charge on any atom is 0.248 e. The molecule has 0 aromatic heterocycles. The molecule has 1 saturated carbocycles. The van der Waals surface area contributed by atoms with Crippen LogP contribution in [0.5, 0.6) is 0 Å². The minimum absolute atomic E-state index is 0.0220. The second kappa shape index (κ2) is 5.86. The molecular weight excluding hydrogens is 306 g/mol. The predicted octanol–water partition coefficient (Wildman–Crippen LogP) is 0.876. The van der Waals surface area contributed by atoms with Gasteiger partial charge in [-0.05, 0) is 30.2 Å². The zero-order valence-corrected chi connectivity index (χ0v) is 13.6. The summed E-state index contributed by atoms with van der Waals surface area (Å²) < 4.78 is 0. The monoisotopic (exact) mass is 329 g/mol. The molecule has 1 aromatic rings. The largest absolute Gasteiger partial charge is 0.340 e. The van der Waals surface area contributed by atoms with Gasteiger partial charge in [0, 0.05) is 25.6 Å². The molecule has 0 radical (unpaired) electrons. The topological polar surface area (TPSA) is 81.7 Å². The number of carbonyl (C=O) groups is 2. The number of hydrogen-bond acceptors (Lipinski definition) is 4. The van der Waals surface area contributed by atoms with Gasteiger partial charge >= 0.3 is 0 Å². The lowest BCUT2D eigenvalue weighted by Gasteiger charge is -2.44. The fourth-order valence-electron chi connectivity index (χ4n) is 4.06. The zero-order chi connectivity index (χ0) is 16.7. The van der Waals surface area contributed by atoms with Crippen LogP contribution < -0.4 is 10.8 Å². The molecule has 0 bridgehead atoms. The lowest BCUT2D eigenvalue weighted by molar-refractivity contribution is -0.147. The van der Waals surface area contributed by atoms with Crippen LogP contribution in [0.15, 0.2) is 30.3 Å². The van der Waals surface area contributed by atoms with Gasteiger partial charge in [0.2, 0.25) is 11.8 Å². The summed E-state index contributed by atoms with van der Waals surface area (Å²) in [5, 5.41) is 12.3. The molecule has 2 heterocycles. The van der Waals surface area contributed by atoms with E-state index >= 15 is 0 Å². The highest BCUT2D eigenvalue weighted by molar-refractivity contribution is 5.90. The molecule has 128 valence electrons. The first-order valence-electron chi connectivity index (χ1n) is 8.63. The number of amides is 2. The molecule has 2 amide bonds. The maximum absolute atomic E-state index is 12.8. The highest BCUT2D eigenvalue weighted by Gasteiger charge is 2.53. The van der Waals surface area contributed by atoms with Gasteiger partial charge < -0.3 is 10.2 Å². The van der Waals surface area contributed by atoms with Gasteiger partial charge in [-0.3, -0.25) is 14.8 Å².